The number of hydrogen-bond acceptors (Lipinski definition) is 5. The van der Waals surface area contributed by atoms with Crippen LogP contribution in [-0.2, 0) is 6.54 Å². The molecule has 1 saturated carbocycles. The number of hydrogen-bond donors (Lipinski definition) is 2. The van der Waals surface area contributed by atoms with Gasteiger partial charge >= 0.3 is 6.01 Å². The summed E-state index contributed by atoms with van der Waals surface area (Å²) in [6.45, 7) is 7.13. The van der Waals surface area contributed by atoms with E-state index in [0.29, 0.717) is 30.5 Å². The Labute approximate surface area is 109 Å². The summed E-state index contributed by atoms with van der Waals surface area (Å²) in [5, 5.41) is 14.7. The van der Waals surface area contributed by atoms with E-state index in [2.05, 4.69) is 41.6 Å². The summed E-state index contributed by atoms with van der Waals surface area (Å²) in [5.41, 5.74) is 0. The van der Waals surface area contributed by atoms with Gasteiger partial charge in [0, 0.05) is 12.1 Å². The first kappa shape index (κ1) is 13.3. The highest BCUT2D eigenvalue weighted by Gasteiger charge is 2.20. The highest BCUT2D eigenvalue weighted by atomic mass is 16.4. The fourth-order valence-electron chi connectivity index (χ4n) is 2.41. The first-order valence-electron chi connectivity index (χ1n) is 6.95. The van der Waals surface area contributed by atoms with Crippen LogP contribution in [0.2, 0.25) is 0 Å². The smallest absolute Gasteiger partial charge is 0.315 e. The van der Waals surface area contributed by atoms with Crippen molar-refractivity contribution in [1.29, 1.82) is 0 Å². The molecule has 1 heterocycles. The number of aromatic nitrogens is 2. The molecule has 1 fully saturated rings. The lowest BCUT2D eigenvalue weighted by Gasteiger charge is -2.26. The average Bonchev–Trinajstić information content (AvgIpc) is 2.74. The van der Waals surface area contributed by atoms with E-state index in [1.54, 1.807) is 0 Å². The van der Waals surface area contributed by atoms with Gasteiger partial charge in [0.2, 0.25) is 5.89 Å². The standard InChI is InChI=1S/C13H24N4O/c1-9(2)14-8-12-16-17-13(18-12)15-11-6-4-5-10(3)7-11/h9-11,14H,4-8H2,1-3H3,(H,15,17). The fourth-order valence-corrected chi connectivity index (χ4v) is 2.41. The van der Waals surface area contributed by atoms with Crippen molar-refractivity contribution in [2.24, 2.45) is 5.92 Å². The Morgan fingerprint density at radius 1 is 1.33 bits per heavy atom. The van der Waals surface area contributed by atoms with E-state index in [1.807, 2.05) is 0 Å². The molecule has 0 spiro atoms. The number of nitrogens with one attached hydrogen (secondary N) is 2. The van der Waals surface area contributed by atoms with Gasteiger partial charge in [0.15, 0.2) is 0 Å². The Morgan fingerprint density at radius 2 is 2.17 bits per heavy atom. The predicted molar refractivity (Wildman–Crippen MR) is 71.3 cm³/mol. The van der Waals surface area contributed by atoms with Gasteiger partial charge in [0.1, 0.15) is 0 Å². The van der Waals surface area contributed by atoms with Crippen LogP contribution in [0.1, 0.15) is 52.3 Å². The first-order chi connectivity index (χ1) is 8.63. The molecule has 1 aliphatic carbocycles. The molecule has 1 aromatic rings. The maximum absolute atomic E-state index is 5.58. The van der Waals surface area contributed by atoms with Crippen LogP contribution in [0.25, 0.3) is 0 Å². The summed E-state index contributed by atoms with van der Waals surface area (Å²) in [5.74, 6) is 1.44. The molecule has 2 atom stereocenters. The Balaban J connectivity index is 1.82. The quantitative estimate of drug-likeness (QED) is 0.843. The van der Waals surface area contributed by atoms with Gasteiger partial charge in [-0.05, 0) is 18.8 Å². The van der Waals surface area contributed by atoms with Gasteiger partial charge < -0.3 is 15.1 Å². The van der Waals surface area contributed by atoms with Gasteiger partial charge in [0.05, 0.1) is 6.54 Å². The first-order valence-corrected chi connectivity index (χ1v) is 6.95. The van der Waals surface area contributed by atoms with Crippen LogP contribution < -0.4 is 10.6 Å². The van der Waals surface area contributed by atoms with Crippen LogP contribution in [0.4, 0.5) is 6.01 Å². The Bertz CT molecular complexity index is 364. The van der Waals surface area contributed by atoms with Crippen LogP contribution in [0, 0.1) is 5.92 Å². The number of rotatable bonds is 5. The maximum Gasteiger partial charge on any atom is 0.315 e. The van der Waals surface area contributed by atoms with Gasteiger partial charge in [0.25, 0.3) is 0 Å². The molecule has 1 aliphatic rings. The SMILES string of the molecule is CC1CCCC(Nc2nnc(CNC(C)C)o2)C1. The minimum absolute atomic E-state index is 0.424. The third kappa shape index (κ3) is 3.98. The summed E-state index contributed by atoms with van der Waals surface area (Å²) in [4.78, 5) is 0. The molecule has 0 amide bonds. The van der Waals surface area contributed by atoms with E-state index in [-0.39, 0.29) is 0 Å². The normalized spacial score (nSPS) is 24.4. The minimum atomic E-state index is 0.424. The largest absolute Gasteiger partial charge is 0.407 e. The zero-order valence-corrected chi connectivity index (χ0v) is 11.6. The summed E-state index contributed by atoms with van der Waals surface area (Å²) in [6.07, 6.45) is 5.02. The lowest BCUT2D eigenvalue weighted by atomic mass is 9.87. The van der Waals surface area contributed by atoms with Crippen molar-refractivity contribution in [3.63, 3.8) is 0 Å². The molecule has 0 bridgehead atoms. The molecular weight excluding hydrogens is 228 g/mol. The van der Waals surface area contributed by atoms with Crippen molar-refractivity contribution in [2.45, 2.75) is 65.1 Å². The van der Waals surface area contributed by atoms with E-state index in [1.165, 1.54) is 25.7 Å². The van der Waals surface area contributed by atoms with Gasteiger partial charge in [-0.1, -0.05) is 38.7 Å². The molecule has 0 aromatic carbocycles. The summed E-state index contributed by atoms with van der Waals surface area (Å²) in [7, 11) is 0. The Morgan fingerprint density at radius 3 is 2.89 bits per heavy atom. The number of nitrogens with zero attached hydrogens (tertiary/aromatic N) is 2. The van der Waals surface area contributed by atoms with Crippen molar-refractivity contribution in [3.8, 4) is 0 Å². The summed E-state index contributed by atoms with van der Waals surface area (Å²) < 4.78 is 5.58. The molecular formula is C13H24N4O. The van der Waals surface area contributed by atoms with Crippen molar-refractivity contribution in [2.75, 3.05) is 5.32 Å². The molecule has 5 heteroatoms. The molecule has 2 unspecified atom stereocenters. The van der Waals surface area contributed by atoms with Crippen molar-refractivity contribution in [3.05, 3.63) is 5.89 Å². The van der Waals surface area contributed by atoms with E-state index >= 15 is 0 Å². The molecule has 2 N–H and O–H groups in total. The van der Waals surface area contributed by atoms with Crippen LogP contribution in [0.5, 0.6) is 0 Å². The fraction of sp³-hybridized carbons (Fsp3) is 0.846. The van der Waals surface area contributed by atoms with E-state index in [4.69, 9.17) is 4.42 Å². The number of anilines is 1. The van der Waals surface area contributed by atoms with Crippen molar-refractivity contribution in [1.82, 2.24) is 15.5 Å². The second kappa shape index (κ2) is 6.18. The molecule has 5 nitrogen and oxygen atoms in total. The van der Waals surface area contributed by atoms with Crippen LogP contribution in [-0.4, -0.2) is 22.3 Å². The van der Waals surface area contributed by atoms with Gasteiger partial charge in [-0.25, -0.2) is 0 Å². The van der Waals surface area contributed by atoms with Gasteiger partial charge in [-0.15, -0.1) is 5.10 Å². The van der Waals surface area contributed by atoms with E-state index in [0.717, 1.165) is 5.92 Å². The zero-order chi connectivity index (χ0) is 13.0. The van der Waals surface area contributed by atoms with Gasteiger partial charge in [-0.2, -0.15) is 0 Å². The van der Waals surface area contributed by atoms with E-state index in [9.17, 15) is 0 Å². The van der Waals surface area contributed by atoms with Crippen LogP contribution >= 0.6 is 0 Å². The molecule has 2 rings (SSSR count). The minimum Gasteiger partial charge on any atom is -0.407 e. The molecule has 102 valence electrons. The second-order valence-electron chi connectivity index (χ2n) is 5.65. The van der Waals surface area contributed by atoms with Gasteiger partial charge in [-0.3, -0.25) is 0 Å². The third-order valence-electron chi connectivity index (χ3n) is 3.39. The third-order valence-corrected chi connectivity index (χ3v) is 3.39. The Kier molecular flexibility index (Phi) is 4.58. The predicted octanol–water partition coefficient (Wildman–Crippen LogP) is 2.56. The lowest BCUT2D eigenvalue weighted by molar-refractivity contribution is 0.352. The molecule has 18 heavy (non-hydrogen) atoms. The highest BCUT2D eigenvalue weighted by molar-refractivity contribution is 5.19. The maximum atomic E-state index is 5.58. The molecule has 1 aromatic heterocycles. The van der Waals surface area contributed by atoms with Crippen molar-refractivity contribution < 1.29 is 4.42 Å². The van der Waals surface area contributed by atoms with Crippen LogP contribution in [0.15, 0.2) is 4.42 Å². The highest BCUT2D eigenvalue weighted by Crippen LogP contribution is 2.25. The summed E-state index contributed by atoms with van der Waals surface area (Å²) >= 11 is 0. The zero-order valence-electron chi connectivity index (χ0n) is 11.6. The summed E-state index contributed by atoms with van der Waals surface area (Å²) in [6, 6.07) is 1.47. The average molecular weight is 252 g/mol. The molecule has 0 aliphatic heterocycles. The topological polar surface area (TPSA) is 63.0 Å². The molecule has 0 saturated heterocycles. The van der Waals surface area contributed by atoms with Crippen LogP contribution in [0.3, 0.4) is 0 Å². The Hall–Kier alpha value is -1.10. The van der Waals surface area contributed by atoms with E-state index < -0.39 is 0 Å². The molecule has 0 radical (unpaired) electrons. The van der Waals surface area contributed by atoms with Crippen molar-refractivity contribution >= 4 is 6.01 Å². The second-order valence-corrected chi connectivity index (χ2v) is 5.65. The monoisotopic (exact) mass is 252 g/mol. The lowest BCUT2D eigenvalue weighted by Crippen LogP contribution is -2.26.